The Morgan fingerprint density at radius 2 is 1.50 bits per heavy atom. The lowest BCUT2D eigenvalue weighted by Gasteiger charge is -2.32. The molecule has 62 heavy (non-hydrogen) atoms. The summed E-state index contributed by atoms with van der Waals surface area (Å²) >= 11 is 0. The summed E-state index contributed by atoms with van der Waals surface area (Å²) in [6, 6.07) is 30.1. The molecule has 0 aromatic heterocycles. The van der Waals surface area contributed by atoms with Crippen LogP contribution in [0.4, 0.5) is 0 Å². The number of para-hydroxylation sites is 1. The predicted octanol–water partition coefficient (Wildman–Crippen LogP) is 5.65. The number of ether oxygens (including phenoxy) is 4. The molecular formula is C49H54N2O11. The zero-order chi connectivity index (χ0) is 44.4. The average Bonchev–Trinajstić information content (AvgIpc) is 3.66. The zero-order valence-electron chi connectivity index (χ0n) is 35.2. The monoisotopic (exact) mass is 846 g/mol. The molecule has 2 amide bonds. The number of aliphatic hydroxyl groups excluding tert-OH is 2. The molecule has 5 N–H and O–H groups in total. The largest absolute Gasteiger partial charge is 0.508 e. The van der Waals surface area contributed by atoms with Crippen LogP contribution < -0.4 is 10.6 Å². The van der Waals surface area contributed by atoms with Crippen LogP contribution in [0.1, 0.15) is 79.6 Å². The minimum Gasteiger partial charge on any atom is -0.508 e. The minimum absolute atomic E-state index is 0.0519. The van der Waals surface area contributed by atoms with Crippen molar-refractivity contribution in [1.29, 1.82) is 0 Å². The number of benzene rings is 4. The van der Waals surface area contributed by atoms with E-state index in [0.717, 1.165) is 5.56 Å². The molecule has 13 nitrogen and oxygen atoms in total. The van der Waals surface area contributed by atoms with Crippen molar-refractivity contribution < 1.29 is 53.4 Å². The summed E-state index contributed by atoms with van der Waals surface area (Å²) in [6.07, 6.45) is 1.16. The summed E-state index contributed by atoms with van der Waals surface area (Å²) in [5.41, 5.74) is 2.28. The number of phenolic OH excluding ortho intramolecular Hbond substituents is 1. The Balaban J connectivity index is 1.27. The summed E-state index contributed by atoms with van der Waals surface area (Å²) in [5.74, 6) is -4.00. The molecular weight excluding hydrogens is 793 g/mol. The Hall–Kier alpha value is -6.12. The molecule has 1 aliphatic heterocycles. The Morgan fingerprint density at radius 1 is 0.871 bits per heavy atom. The number of aliphatic hydroxyl groups is 2. The van der Waals surface area contributed by atoms with Crippen molar-refractivity contribution in [3.63, 3.8) is 0 Å². The van der Waals surface area contributed by atoms with Gasteiger partial charge < -0.3 is 44.9 Å². The van der Waals surface area contributed by atoms with Crippen molar-refractivity contribution in [2.24, 2.45) is 0 Å². The number of nitrogens with one attached hydrogen (secondary N) is 2. The fourth-order valence-electron chi connectivity index (χ4n) is 7.44. The Morgan fingerprint density at radius 3 is 2.13 bits per heavy atom. The van der Waals surface area contributed by atoms with E-state index in [1.165, 1.54) is 6.92 Å². The highest BCUT2D eigenvalue weighted by molar-refractivity contribution is 5.98. The predicted molar refractivity (Wildman–Crippen MR) is 230 cm³/mol. The number of fused-ring (bicyclic) bond motifs is 1. The number of hydrogen-bond acceptors (Lipinski definition) is 11. The number of carbonyl (C=O) groups excluding carboxylic acids is 4. The number of amides is 2. The first kappa shape index (κ1) is 45.4. The van der Waals surface area contributed by atoms with Gasteiger partial charge in [0.2, 0.25) is 17.6 Å². The van der Waals surface area contributed by atoms with Gasteiger partial charge in [-0.25, -0.2) is 4.79 Å². The highest BCUT2D eigenvalue weighted by Gasteiger charge is 2.55. The third-order valence-electron chi connectivity index (χ3n) is 10.5. The van der Waals surface area contributed by atoms with Crippen LogP contribution in [-0.2, 0) is 45.5 Å². The summed E-state index contributed by atoms with van der Waals surface area (Å²) in [4.78, 5) is 54.2. The lowest BCUT2D eigenvalue weighted by Crippen LogP contribution is -2.55. The number of carbonyl (C=O) groups is 4. The first-order valence-electron chi connectivity index (χ1n) is 20.7. The third-order valence-corrected chi connectivity index (χ3v) is 10.5. The Bertz CT molecular complexity index is 2210. The van der Waals surface area contributed by atoms with Gasteiger partial charge >= 0.3 is 11.9 Å². The van der Waals surface area contributed by atoms with Crippen molar-refractivity contribution in [3.8, 4) is 5.75 Å². The number of phenols is 1. The normalized spacial score (nSPS) is 19.6. The first-order chi connectivity index (χ1) is 29.7. The molecule has 4 aromatic carbocycles. The van der Waals surface area contributed by atoms with Gasteiger partial charge in [0.25, 0.3) is 0 Å². The van der Waals surface area contributed by atoms with Gasteiger partial charge in [-0.1, -0.05) is 109 Å². The Kier molecular flexibility index (Phi) is 14.8. The van der Waals surface area contributed by atoms with Gasteiger partial charge in [0.05, 0.1) is 24.3 Å². The van der Waals surface area contributed by atoms with Gasteiger partial charge in [0, 0.05) is 29.5 Å². The van der Waals surface area contributed by atoms with Crippen LogP contribution >= 0.6 is 0 Å². The number of aromatic hydroxyl groups is 1. The maximum atomic E-state index is 14.2. The molecule has 6 atom stereocenters. The van der Waals surface area contributed by atoms with Crippen LogP contribution in [0.25, 0.3) is 6.08 Å². The van der Waals surface area contributed by atoms with E-state index in [1.54, 1.807) is 69.3 Å². The van der Waals surface area contributed by atoms with Gasteiger partial charge in [0.15, 0.2) is 0 Å². The van der Waals surface area contributed by atoms with Crippen LogP contribution in [0.5, 0.6) is 5.75 Å². The number of hydrogen-bond donors (Lipinski definition) is 5. The SMILES string of the molecule is CC(O)C(NC(=O)C1=CC2OC(c3ccccc3)(c3ccccc3)OC2C(OC(=O)c2ccccc2C=CCc2ccccc2O)C1)C(=O)NC(CO)CCC(=O)OC(C)(C)C. The number of rotatable bonds is 16. The van der Waals surface area contributed by atoms with Crippen LogP contribution in [-0.4, -0.2) is 87.8 Å². The van der Waals surface area contributed by atoms with E-state index >= 15 is 0 Å². The van der Waals surface area contributed by atoms with Crippen molar-refractivity contribution in [2.45, 2.75) is 101 Å². The summed E-state index contributed by atoms with van der Waals surface area (Å²) < 4.78 is 25.3. The van der Waals surface area contributed by atoms with E-state index in [2.05, 4.69) is 10.6 Å². The van der Waals surface area contributed by atoms with Crippen molar-refractivity contribution in [2.75, 3.05) is 6.61 Å². The van der Waals surface area contributed by atoms with Crippen molar-refractivity contribution in [3.05, 3.63) is 155 Å². The van der Waals surface area contributed by atoms with Gasteiger partial charge in [-0.15, -0.1) is 0 Å². The van der Waals surface area contributed by atoms with E-state index < -0.39 is 78.2 Å². The summed E-state index contributed by atoms with van der Waals surface area (Å²) in [5, 5.41) is 36.2. The second-order valence-corrected chi connectivity index (χ2v) is 16.4. The lowest BCUT2D eigenvalue weighted by atomic mass is 9.91. The topological polar surface area (TPSA) is 190 Å². The summed E-state index contributed by atoms with van der Waals surface area (Å²) in [7, 11) is 0. The second-order valence-electron chi connectivity index (χ2n) is 16.4. The average molecular weight is 847 g/mol. The number of esters is 2. The molecule has 1 aliphatic carbocycles. The van der Waals surface area contributed by atoms with Crippen molar-refractivity contribution in [1.82, 2.24) is 10.6 Å². The van der Waals surface area contributed by atoms with E-state index in [0.29, 0.717) is 23.1 Å². The third kappa shape index (κ3) is 11.2. The standard InChI is InChI=1S/C49H54N2O11/c1-31(53)43(46(57)50-37(30-52)26-27-42(55)61-48(2,3)4)51-45(56)34-28-40(59-47(58)38-24-13-11-16-32(38)18-15-19-33-17-12-14-25-39(33)54)44-41(29-34)60-49(62-44,35-20-7-5-8-21-35)36-22-9-6-10-23-36/h5-18,20-25,29,31,37,40-41,43-44,52-54H,19,26-28,30H2,1-4H3,(H,50,57)(H,51,56). The maximum absolute atomic E-state index is 14.2. The molecule has 6 unspecified atom stereocenters. The van der Waals surface area contributed by atoms with Crippen LogP contribution in [0, 0.1) is 0 Å². The zero-order valence-corrected chi connectivity index (χ0v) is 35.2. The van der Waals surface area contributed by atoms with Gasteiger partial charge in [-0.05, 0) is 69.9 Å². The van der Waals surface area contributed by atoms with Crippen molar-refractivity contribution >= 4 is 29.8 Å². The molecule has 4 aromatic rings. The van der Waals surface area contributed by atoms with E-state index in [1.807, 2.05) is 78.9 Å². The lowest BCUT2D eigenvalue weighted by molar-refractivity contribution is -0.157. The molecule has 13 heteroatoms. The highest BCUT2D eigenvalue weighted by Crippen LogP contribution is 2.47. The smallest absolute Gasteiger partial charge is 0.339 e. The maximum Gasteiger partial charge on any atom is 0.339 e. The first-order valence-corrected chi connectivity index (χ1v) is 20.7. The fraction of sp³-hybridized carbons (Fsp3) is 0.347. The highest BCUT2D eigenvalue weighted by atomic mass is 16.8. The molecule has 0 saturated carbocycles. The second kappa shape index (κ2) is 20.2. The van der Waals surface area contributed by atoms with Gasteiger partial charge in [-0.2, -0.15) is 0 Å². The number of allylic oxidation sites excluding steroid dienone is 1. The molecule has 0 radical (unpaired) electrons. The van der Waals surface area contributed by atoms with E-state index in [-0.39, 0.29) is 36.1 Å². The quantitative estimate of drug-likeness (QED) is 0.0877. The molecule has 1 heterocycles. The van der Waals surface area contributed by atoms with Crippen LogP contribution in [0.15, 0.2) is 127 Å². The van der Waals surface area contributed by atoms with Gasteiger partial charge in [0.1, 0.15) is 35.7 Å². The Labute approximate surface area is 361 Å². The summed E-state index contributed by atoms with van der Waals surface area (Å²) in [6.45, 7) is 6.03. The van der Waals surface area contributed by atoms with Crippen LogP contribution in [0.3, 0.4) is 0 Å². The molecule has 1 fully saturated rings. The molecule has 326 valence electrons. The molecule has 2 aliphatic rings. The molecule has 1 saturated heterocycles. The fourth-order valence-corrected chi connectivity index (χ4v) is 7.44. The van der Waals surface area contributed by atoms with Gasteiger partial charge in [-0.3, -0.25) is 14.4 Å². The minimum atomic E-state index is -1.47. The van der Waals surface area contributed by atoms with Crippen LogP contribution in [0.2, 0.25) is 0 Å². The van der Waals surface area contributed by atoms with E-state index in [4.69, 9.17) is 18.9 Å². The molecule has 6 rings (SSSR count). The molecule has 0 spiro atoms. The molecule has 0 bridgehead atoms. The van der Waals surface area contributed by atoms with E-state index in [9.17, 15) is 34.5 Å².